The molecule has 0 bridgehead atoms. The van der Waals surface area contributed by atoms with Gasteiger partial charge in [0.05, 0.1) is 11.4 Å². The Morgan fingerprint density at radius 1 is 1.24 bits per heavy atom. The summed E-state index contributed by atoms with van der Waals surface area (Å²) in [6.45, 7) is 0.758. The summed E-state index contributed by atoms with van der Waals surface area (Å²) in [6, 6.07) is 12.7. The molecule has 0 saturated heterocycles. The van der Waals surface area contributed by atoms with E-state index in [1.807, 2.05) is 17.4 Å². The van der Waals surface area contributed by atoms with Gasteiger partial charge in [-0.15, -0.1) is 11.3 Å². The number of benzene rings is 1. The van der Waals surface area contributed by atoms with Crippen LogP contribution in [0.5, 0.6) is 0 Å². The number of nitrogens with one attached hydrogen (secondary N) is 1. The van der Waals surface area contributed by atoms with Gasteiger partial charge in [-0.05, 0) is 48.7 Å². The van der Waals surface area contributed by atoms with E-state index in [1.165, 1.54) is 40.1 Å². The van der Waals surface area contributed by atoms with Crippen molar-refractivity contribution >= 4 is 23.6 Å². The average Bonchev–Trinajstić information content (AvgIpc) is 3.16. The lowest BCUT2D eigenvalue weighted by atomic mass is 10.2. The van der Waals surface area contributed by atoms with Crippen LogP contribution in [0.25, 0.3) is 10.7 Å². The van der Waals surface area contributed by atoms with Crippen LogP contribution in [-0.4, -0.2) is 14.8 Å². The van der Waals surface area contributed by atoms with Gasteiger partial charge in [0.2, 0.25) is 0 Å². The zero-order valence-corrected chi connectivity index (χ0v) is 13.1. The molecule has 2 aromatic heterocycles. The molecule has 1 N–H and O–H groups in total. The molecule has 0 atom stereocenters. The van der Waals surface area contributed by atoms with Crippen LogP contribution in [0, 0.1) is 4.77 Å². The molecule has 0 amide bonds. The molecule has 0 saturated carbocycles. The molecule has 0 fully saturated rings. The van der Waals surface area contributed by atoms with Gasteiger partial charge in [-0.2, -0.15) is 5.10 Å². The Labute approximate surface area is 132 Å². The van der Waals surface area contributed by atoms with Crippen molar-refractivity contribution in [2.75, 3.05) is 0 Å². The summed E-state index contributed by atoms with van der Waals surface area (Å²) < 4.78 is 2.77. The molecule has 0 spiro atoms. The lowest BCUT2D eigenvalue weighted by Crippen LogP contribution is -2.01. The predicted molar refractivity (Wildman–Crippen MR) is 88.3 cm³/mol. The topological polar surface area (TPSA) is 33.6 Å². The van der Waals surface area contributed by atoms with Crippen molar-refractivity contribution in [1.29, 1.82) is 0 Å². The highest BCUT2D eigenvalue weighted by Gasteiger charge is 2.18. The molecule has 21 heavy (non-hydrogen) atoms. The minimum atomic E-state index is 0.683. The fourth-order valence-electron chi connectivity index (χ4n) is 2.86. The second-order valence-corrected chi connectivity index (χ2v) is 6.86. The SMILES string of the molecule is S=c1[nH]nc(-c2cc3c(s2)CCC3)n1Cc1ccccc1. The third kappa shape index (κ3) is 2.36. The zero-order chi connectivity index (χ0) is 14.2. The van der Waals surface area contributed by atoms with Crippen molar-refractivity contribution in [2.45, 2.75) is 25.8 Å². The van der Waals surface area contributed by atoms with E-state index >= 15 is 0 Å². The fraction of sp³-hybridized carbons (Fsp3) is 0.250. The summed E-state index contributed by atoms with van der Waals surface area (Å²) >= 11 is 7.27. The summed E-state index contributed by atoms with van der Waals surface area (Å²) in [7, 11) is 0. The highest BCUT2D eigenvalue weighted by molar-refractivity contribution is 7.71. The van der Waals surface area contributed by atoms with Crippen molar-refractivity contribution in [3.8, 4) is 10.7 Å². The second kappa shape index (κ2) is 5.24. The summed E-state index contributed by atoms with van der Waals surface area (Å²) in [6.07, 6.45) is 3.71. The van der Waals surface area contributed by atoms with Crippen LogP contribution in [-0.2, 0) is 19.4 Å². The molecule has 0 radical (unpaired) electrons. The smallest absolute Gasteiger partial charge is 0.195 e. The Balaban J connectivity index is 1.74. The van der Waals surface area contributed by atoms with E-state index < -0.39 is 0 Å². The summed E-state index contributed by atoms with van der Waals surface area (Å²) in [5.74, 6) is 0.961. The quantitative estimate of drug-likeness (QED) is 0.735. The van der Waals surface area contributed by atoms with Crippen molar-refractivity contribution < 1.29 is 0 Å². The Hall–Kier alpha value is -1.72. The van der Waals surface area contributed by atoms with Crippen LogP contribution in [0.4, 0.5) is 0 Å². The fourth-order valence-corrected chi connectivity index (χ4v) is 4.31. The maximum Gasteiger partial charge on any atom is 0.195 e. The molecule has 1 aromatic carbocycles. The van der Waals surface area contributed by atoms with Gasteiger partial charge < -0.3 is 0 Å². The summed E-state index contributed by atoms with van der Waals surface area (Å²) in [5, 5.41) is 7.39. The first-order chi connectivity index (χ1) is 10.3. The molecule has 5 heteroatoms. The van der Waals surface area contributed by atoms with Crippen LogP contribution < -0.4 is 0 Å². The Kier molecular flexibility index (Phi) is 3.24. The zero-order valence-electron chi connectivity index (χ0n) is 11.5. The Morgan fingerprint density at radius 2 is 2.10 bits per heavy atom. The standard InChI is InChI=1S/C16H15N3S2/c20-16-18-17-15(14-9-12-7-4-8-13(12)21-14)19(16)10-11-5-2-1-3-6-11/h1-3,5-6,9H,4,7-8,10H2,(H,18,20). The van der Waals surface area contributed by atoms with Crippen LogP contribution in [0.2, 0.25) is 0 Å². The first-order valence-corrected chi connectivity index (χ1v) is 8.35. The molecular formula is C16H15N3S2. The molecule has 106 valence electrons. The second-order valence-electron chi connectivity index (χ2n) is 5.34. The number of aryl methyl sites for hydroxylation is 2. The van der Waals surface area contributed by atoms with E-state index in [1.54, 1.807) is 0 Å². The maximum absolute atomic E-state index is 5.40. The molecule has 1 aliphatic carbocycles. The van der Waals surface area contributed by atoms with Crippen molar-refractivity contribution in [1.82, 2.24) is 14.8 Å². The van der Waals surface area contributed by atoms with Crippen LogP contribution in [0.1, 0.15) is 22.4 Å². The predicted octanol–water partition coefficient (Wildman–Crippen LogP) is 4.21. The van der Waals surface area contributed by atoms with Gasteiger partial charge in [-0.25, -0.2) is 0 Å². The highest BCUT2D eigenvalue weighted by atomic mass is 32.1. The molecule has 4 rings (SSSR count). The van der Waals surface area contributed by atoms with E-state index in [9.17, 15) is 0 Å². The van der Waals surface area contributed by atoms with E-state index in [4.69, 9.17) is 12.2 Å². The summed E-state index contributed by atoms with van der Waals surface area (Å²) in [5.41, 5.74) is 2.73. The van der Waals surface area contributed by atoms with Gasteiger partial charge in [-0.3, -0.25) is 9.67 Å². The maximum atomic E-state index is 5.40. The first-order valence-electron chi connectivity index (χ1n) is 7.12. The van der Waals surface area contributed by atoms with E-state index in [0.717, 1.165) is 12.4 Å². The van der Waals surface area contributed by atoms with Gasteiger partial charge in [0.1, 0.15) is 0 Å². The van der Waals surface area contributed by atoms with Gasteiger partial charge in [0, 0.05) is 4.88 Å². The molecule has 0 aliphatic heterocycles. The monoisotopic (exact) mass is 313 g/mol. The van der Waals surface area contributed by atoms with Crippen molar-refractivity contribution in [2.24, 2.45) is 0 Å². The Bertz CT molecular complexity index is 805. The van der Waals surface area contributed by atoms with E-state index in [0.29, 0.717) is 4.77 Å². The highest BCUT2D eigenvalue weighted by Crippen LogP contribution is 2.35. The van der Waals surface area contributed by atoms with Gasteiger partial charge in [0.15, 0.2) is 10.6 Å². The van der Waals surface area contributed by atoms with Gasteiger partial charge >= 0.3 is 0 Å². The number of hydrogen-bond acceptors (Lipinski definition) is 3. The third-order valence-electron chi connectivity index (χ3n) is 3.91. The number of hydrogen-bond donors (Lipinski definition) is 1. The minimum Gasteiger partial charge on any atom is -0.295 e. The lowest BCUT2D eigenvalue weighted by molar-refractivity contribution is 0.791. The number of nitrogens with zero attached hydrogens (tertiary/aromatic N) is 2. The summed E-state index contributed by atoms with van der Waals surface area (Å²) in [4.78, 5) is 2.74. The molecule has 0 unspecified atom stereocenters. The van der Waals surface area contributed by atoms with Crippen molar-refractivity contribution in [3.05, 3.63) is 57.2 Å². The van der Waals surface area contributed by atoms with E-state index in [-0.39, 0.29) is 0 Å². The van der Waals surface area contributed by atoms with E-state index in [2.05, 4.69) is 45.1 Å². The number of fused-ring (bicyclic) bond motifs is 1. The lowest BCUT2D eigenvalue weighted by Gasteiger charge is -2.05. The number of aromatic nitrogens is 3. The Morgan fingerprint density at radius 3 is 2.90 bits per heavy atom. The van der Waals surface area contributed by atoms with Gasteiger partial charge in [-0.1, -0.05) is 30.3 Å². The average molecular weight is 313 g/mol. The molecule has 3 nitrogen and oxygen atoms in total. The number of aromatic amines is 1. The van der Waals surface area contributed by atoms with Crippen LogP contribution in [0.3, 0.4) is 0 Å². The minimum absolute atomic E-state index is 0.683. The van der Waals surface area contributed by atoms with Crippen LogP contribution in [0.15, 0.2) is 36.4 Å². The molecule has 3 aromatic rings. The molecular weight excluding hydrogens is 298 g/mol. The molecule has 1 aliphatic rings. The number of H-pyrrole nitrogens is 1. The normalized spacial score (nSPS) is 13.5. The third-order valence-corrected chi connectivity index (χ3v) is 5.45. The van der Waals surface area contributed by atoms with Crippen molar-refractivity contribution in [3.63, 3.8) is 0 Å². The largest absolute Gasteiger partial charge is 0.295 e. The van der Waals surface area contributed by atoms with Crippen LogP contribution >= 0.6 is 23.6 Å². The number of rotatable bonds is 3. The van der Waals surface area contributed by atoms with Gasteiger partial charge in [0.25, 0.3) is 0 Å². The first kappa shape index (κ1) is 13.0. The molecule has 2 heterocycles. The number of thiophene rings is 1.